The van der Waals surface area contributed by atoms with E-state index in [9.17, 15) is 22.8 Å². The number of ketones is 1. The SMILES string of the molecule is COC(=O)C(C(=O)c1cccc(C(F)(F)F)c1)C(C)C. The summed E-state index contributed by atoms with van der Waals surface area (Å²) in [4.78, 5) is 23.8. The maximum Gasteiger partial charge on any atom is 0.416 e. The first-order valence-corrected chi connectivity index (χ1v) is 5.97. The second kappa shape index (κ2) is 6.07. The first kappa shape index (κ1) is 16.2. The molecule has 1 rings (SSSR count). The van der Waals surface area contributed by atoms with E-state index < -0.39 is 29.4 Å². The van der Waals surface area contributed by atoms with Crippen LogP contribution < -0.4 is 0 Å². The molecule has 6 heteroatoms. The Hall–Kier alpha value is -1.85. The van der Waals surface area contributed by atoms with Gasteiger partial charge in [-0.1, -0.05) is 26.0 Å². The quantitative estimate of drug-likeness (QED) is 0.485. The lowest BCUT2D eigenvalue weighted by molar-refractivity contribution is -0.144. The van der Waals surface area contributed by atoms with E-state index in [4.69, 9.17) is 0 Å². The summed E-state index contributed by atoms with van der Waals surface area (Å²) in [5, 5.41) is 0. The number of carbonyl (C=O) groups is 2. The van der Waals surface area contributed by atoms with E-state index in [0.29, 0.717) is 0 Å². The molecule has 110 valence electrons. The number of ether oxygens (including phenoxy) is 1. The number of hydrogen-bond acceptors (Lipinski definition) is 3. The van der Waals surface area contributed by atoms with Crippen molar-refractivity contribution in [3.63, 3.8) is 0 Å². The van der Waals surface area contributed by atoms with Gasteiger partial charge in [-0.15, -0.1) is 0 Å². The number of halogens is 3. The zero-order valence-corrected chi connectivity index (χ0v) is 11.3. The summed E-state index contributed by atoms with van der Waals surface area (Å²) >= 11 is 0. The van der Waals surface area contributed by atoms with Crippen LogP contribution in [0.5, 0.6) is 0 Å². The normalized spacial score (nSPS) is 13.2. The van der Waals surface area contributed by atoms with Crippen LogP contribution in [0.25, 0.3) is 0 Å². The van der Waals surface area contributed by atoms with E-state index in [0.717, 1.165) is 25.3 Å². The van der Waals surface area contributed by atoms with Crippen molar-refractivity contribution in [2.75, 3.05) is 7.11 Å². The summed E-state index contributed by atoms with van der Waals surface area (Å²) in [7, 11) is 1.14. The molecule has 0 N–H and O–H groups in total. The Labute approximate surface area is 114 Å². The average molecular weight is 288 g/mol. The van der Waals surface area contributed by atoms with E-state index in [1.165, 1.54) is 6.07 Å². The molecule has 0 aliphatic carbocycles. The number of hydrogen-bond donors (Lipinski definition) is 0. The second-order valence-electron chi connectivity index (χ2n) is 4.69. The molecule has 0 fully saturated rings. The van der Waals surface area contributed by atoms with Crippen LogP contribution in [0.1, 0.15) is 29.8 Å². The minimum atomic E-state index is -4.53. The van der Waals surface area contributed by atoms with Crippen molar-refractivity contribution in [3.05, 3.63) is 35.4 Å². The Kier molecular flexibility index (Phi) is 4.92. The fourth-order valence-electron chi connectivity index (χ4n) is 1.84. The number of benzene rings is 1. The summed E-state index contributed by atoms with van der Waals surface area (Å²) in [5.41, 5.74) is -1.07. The van der Waals surface area contributed by atoms with Gasteiger partial charge in [-0.05, 0) is 18.1 Å². The standard InChI is InChI=1S/C14H15F3O3/c1-8(2)11(13(19)20-3)12(18)9-5-4-6-10(7-9)14(15,16)17/h4-8,11H,1-3H3. The lowest BCUT2D eigenvalue weighted by Crippen LogP contribution is -2.30. The van der Waals surface area contributed by atoms with Gasteiger partial charge in [0.2, 0.25) is 0 Å². The van der Waals surface area contributed by atoms with Crippen molar-refractivity contribution in [2.45, 2.75) is 20.0 Å². The number of carbonyl (C=O) groups excluding carboxylic acids is 2. The zero-order valence-electron chi connectivity index (χ0n) is 11.3. The predicted octanol–water partition coefficient (Wildman–Crippen LogP) is 3.33. The van der Waals surface area contributed by atoms with Crippen LogP contribution in [0.3, 0.4) is 0 Å². The van der Waals surface area contributed by atoms with Crippen molar-refractivity contribution in [1.82, 2.24) is 0 Å². The van der Waals surface area contributed by atoms with Gasteiger partial charge in [0.05, 0.1) is 12.7 Å². The van der Waals surface area contributed by atoms with Gasteiger partial charge >= 0.3 is 12.1 Å². The highest BCUT2D eigenvalue weighted by Gasteiger charge is 2.34. The Bertz CT molecular complexity index is 507. The number of rotatable bonds is 4. The molecular weight excluding hydrogens is 273 g/mol. The van der Waals surface area contributed by atoms with E-state index >= 15 is 0 Å². The molecule has 0 amide bonds. The summed E-state index contributed by atoms with van der Waals surface area (Å²) in [6, 6.07) is 4.03. The molecule has 0 radical (unpaired) electrons. The van der Waals surface area contributed by atoms with Crippen LogP contribution >= 0.6 is 0 Å². The predicted molar refractivity (Wildman–Crippen MR) is 66.1 cm³/mol. The molecule has 1 atom stereocenters. The first-order valence-electron chi connectivity index (χ1n) is 5.97. The Morgan fingerprint density at radius 3 is 2.25 bits per heavy atom. The van der Waals surface area contributed by atoms with Crippen LogP contribution in [0.4, 0.5) is 13.2 Å². The van der Waals surface area contributed by atoms with Crippen LogP contribution in [-0.2, 0) is 15.7 Å². The van der Waals surface area contributed by atoms with Gasteiger partial charge in [0.25, 0.3) is 0 Å². The Balaban J connectivity index is 3.16. The van der Waals surface area contributed by atoms with Crippen molar-refractivity contribution < 1.29 is 27.5 Å². The molecule has 20 heavy (non-hydrogen) atoms. The number of esters is 1. The second-order valence-corrected chi connectivity index (χ2v) is 4.69. The summed E-state index contributed by atoms with van der Waals surface area (Å²) in [6.07, 6.45) is -4.53. The number of methoxy groups -OCH3 is 1. The maximum atomic E-state index is 12.6. The van der Waals surface area contributed by atoms with E-state index in [1.54, 1.807) is 13.8 Å². The highest BCUT2D eigenvalue weighted by molar-refractivity contribution is 6.08. The third-order valence-electron chi connectivity index (χ3n) is 2.88. The van der Waals surface area contributed by atoms with Gasteiger partial charge in [-0.25, -0.2) is 0 Å². The fraction of sp³-hybridized carbons (Fsp3) is 0.429. The average Bonchev–Trinajstić information content (AvgIpc) is 2.37. The zero-order chi connectivity index (χ0) is 15.5. The number of alkyl halides is 3. The van der Waals surface area contributed by atoms with Gasteiger partial charge in [0.1, 0.15) is 5.92 Å². The lowest BCUT2D eigenvalue weighted by atomic mass is 9.87. The molecule has 0 saturated carbocycles. The third-order valence-corrected chi connectivity index (χ3v) is 2.88. The monoisotopic (exact) mass is 288 g/mol. The molecule has 0 saturated heterocycles. The van der Waals surface area contributed by atoms with Gasteiger partial charge in [0.15, 0.2) is 5.78 Å². The Morgan fingerprint density at radius 1 is 1.20 bits per heavy atom. The molecule has 0 aliphatic heterocycles. The van der Waals surface area contributed by atoms with Gasteiger partial charge in [-0.3, -0.25) is 9.59 Å². The first-order chi connectivity index (χ1) is 9.18. The summed E-state index contributed by atoms with van der Waals surface area (Å²) < 4.78 is 42.4. The highest BCUT2D eigenvalue weighted by atomic mass is 19.4. The molecule has 0 aliphatic rings. The van der Waals surface area contributed by atoms with E-state index in [-0.39, 0.29) is 11.5 Å². The molecular formula is C14H15F3O3. The highest BCUT2D eigenvalue weighted by Crippen LogP contribution is 2.30. The van der Waals surface area contributed by atoms with Gasteiger partial charge in [-0.2, -0.15) is 13.2 Å². The fourth-order valence-corrected chi connectivity index (χ4v) is 1.84. The van der Waals surface area contributed by atoms with Crippen LogP contribution in [0.2, 0.25) is 0 Å². The minimum absolute atomic E-state index is 0.149. The van der Waals surface area contributed by atoms with Gasteiger partial charge < -0.3 is 4.74 Å². The van der Waals surface area contributed by atoms with E-state index in [1.807, 2.05) is 0 Å². The molecule has 3 nitrogen and oxygen atoms in total. The molecule has 1 aromatic rings. The molecule has 0 bridgehead atoms. The smallest absolute Gasteiger partial charge is 0.416 e. The van der Waals surface area contributed by atoms with Crippen LogP contribution in [0.15, 0.2) is 24.3 Å². The van der Waals surface area contributed by atoms with E-state index in [2.05, 4.69) is 4.74 Å². The largest absolute Gasteiger partial charge is 0.468 e. The maximum absolute atomic E-state index is 12.6. The molecule has 0 heterocycles. The lowest BCUT2D eigenvalue weighted by Gasteiger charge is -2.17. The molecule has 1 aromatic carbocycles. The number of Topliss-reactive ketones (excluding diaryl/α,β-unsaturated/α-hetero) is 1. The van der Waals surface area contributed by atoms with Crippen molar-refractivity contribution >= 4 is 11.8 Å². The van der Waals surface area contributed by atoms with Crippen molar-refractivity contribution in [3.8, 4) is 0 Å². The Morgan fingerprint density at radius 2 is 1.80 bits per heavy atom. The van der Waals surface area contributed by atoms with Crippen LogP contribution in [-0.4, -0.2) is 18.9 Å². The molecule has 1 unspecified atom stereocenters. The third kappa shape index (κ3) is 3.59. The minimum Gasteiger partial charge on any atom is -0.468 e. The van der Waals surface area contributed by atoms with Crippen molar-refractivity contribution in [2.24, 2.45) is 11.8 Å². The summed E-state index contributed by atoms with van der Waals surface area (Å²) in [5.74, 6) is -2.90. The van der Waals surface area contributed by atoms with Crippen LogP contribution in [0, 0.1) is 11.8 Å². The topological polar surface area (TPSA) is 43.4 Å². The van der Waals surface area contributed by atoms with Gasteiger partial charge in [0, 0.05) is 5.56 Å². The molecule has 0 aromatic heterocycles. The van der Waals surface area contributed by atoms with Crippen molar-refractivity contribution in [1.29, 1.82) is 0 Å². The molecule has 0 spiro atoms. The summed E-state index contributed by atoms with van der Waals surface area (Å²) in [6.45, 7) is 3.26.